The summed E-state index contributed by atoms with van der Waals surface area (Å²) in [5, 5.41) is 11.9. The van der Waals surface area contributed by atoms with Crippen LogP contribution in [0, 0.1) is 6.57 Å². The number of carboxylic acids is 1. The summed E-state index contributed by atoms with van der Waals surface area (Å²) in [6.45, 7) is 6.84. The SMILES string of the molecule is [C-]#[N+]c1ccc(C2N[C@H](C(=O)O)CS2)cc1. The molecule has 1 aromatic carbocycles. The van der Waals surface area contributed by atoms with Crippen molar-refractivity contribution < 1.29 is 9.90 Å². The summed E-state index contributed by atoms with van der Waals surface area (Å²) in [7, 11) is 0. The van der Waals surface area contributed by atoms with Crippen LogP contribution >= 0.6 is 11.8 Å². The first-order valence-corrected chi connectivity index (χ1v) is 5.83. The first kappa shape index (κ1) is 11.0. The number of hydrogen-bond donors (Lipinski definition) is 2. The lowest BCUT2D eigenvalue weighted by molar-refractivity contribution is -0.138. The summed E-state index contributed by atoms with van der Waals surface area (Å²) in [5.41, 5.74) is 1.61. The first-order chi connectivity index (χ1) is 7.70. The molecule has 5 heteroatoms. The summed E-state index contributed by atoms with van der Waals surface area (Å²) in [6.07, 6.45) is 0. The Balaban J connectivity index is 2.09. The van der Waals surface area contributed by atoms with Crippen molar-refractivity contribution in [1.82, 2.24) is 5.32 Å². The van der Waals surface area contributed by atoms with Gasteiger partial charge >= 0.3 is 5.97 Å². The second-order valence-electron chi connectivity index (χ2n) is 3.47. The molecule has 1 aromatic rings. The number of nitrogens with one attached hydrogen (secondary N) is 1. The highest BCUT2D eigenvalue weighted by molar-refractivity contribution is 7.99. The van der Waals surface area contributed by atoms with E-state index in [2.05, 4.69) is 10.2 Å². The number of hydrogen-bond acceptors (Lipinski definition) is 3. The topological polar surface area (TPSA) is 53.7 Å². The minimum atomic E-state index is -0.812. The fourth-order valence-electron chi connectivity index (χ4n) is 1.53. The molecule has 82 valence electrons. The minimum Gasteiger partial charge on any atom is -0.480 e. The Morgan fingerprint density at radius 1 is 1.50 bits per heavy atom. The molecule has 1 aliphatic rings. The zero-order valence-corrected chi connectivity index (χ0v) is 9.20. The molecule has 0 amide bonds. The molecule has 0 bridgehead atoms. The molecule has 2 N–H and O–H groups in total. The average molecular weight is 234 g/mol. The van der Waals surface area contributed by atoms with Crippen molar-refractivity contribution in [2.75, 3.05) is 5.75 Å². The summed E-state index contributed by atoms with van der Waals surface area (Å²) in [6, 6.07) is 6.75. The normalized spacial score (nSPS) is 23.9. The largest absolute Gasteiger partial charge is 0.480 e. The van der Waals surface area contributed by atoms with Crippen molar-refractivity contribution in [1.29, 1.82) is 0 Å². The number of nitrogens with zero attached hydrogens (tertiary/aromatic N) is 1. The molecule has 0 aliphatic carbocycles. The quantitative estimate of drug-likeness (QED) is 0.769. The van der Waals surface area contributed by atoms with Crippen LogP contribution in [0.3, 0.4) is 0 Å². The maximum atomic E-state index is 10.8. The molecule has 16 heavy (non-hydrogen) atoms. The molecular weight excluding hydrogens is 224 g/mol. The van der Waals surface area contributed by atoms with Gasteiger partial charge in [-0.15, -0.1) is 11.8 Å². The summed E-state index contributed by atoms with van der Waals surface area (Å²) in [5.74, 6) is -0.238. The van der Waals surface area contributed by atoms with Crippen molar-refractivity contribution in [3.05, 3.63) is 41.2 Å². The van der Waals surface area contributed by atoms with Crippen LogP contribution < -0.4 is 5.32 Å². The number of carboxylic acid groups (broad SMARTS) is 1. The van der Waals surface area contributed by atoms with E-state index in [1.54, 1.807) is 23.9 Å². The van der Waals surface area contributed by atoms with Crippen LogP contribution in [0.25, 0.3) is 4.85 Å². The Morgan fingerprint density at radius 3 is 2.69 bits per heavy atom. The molecule has 0 saturated carbocycles. The number of rotatable bonds is 2. The molecule has 1 aliphatic heterocycles. The Hall–Kier alpha value is -1.51. The predicted molar refractivity (Wildman–Crippen MR) is 62.5 cm³/mol. The van der Waals surface area contributed by atoms with Crippen molar-refractivity contribution in [3.63, 3.8) is 0 Å². The molecule has 0 aromatic heterocycles. The maximum absolute atomic E-state index is 10.8. The second kappa shape index (κ2) is 4.56. The van der Waals surface area contributed by atoms with Crippen molar-refractivity contribution >= 4 is 23.4 Å². The number of carbonyl (C=O) groups is 1. The van der Waals surface area contributed by atoms with Gasteiger partial charge in [0.1, 0.15) is 6.04 Å². The third kappa shape index (κ3) is 2.18. The van der Waals surface area contributed by atoms with Gasteiger partial charge in [-0.2, -0.15) is 0 Å². The molecule has 1 saturated heterocycles. The number of aliphatic carboxylic acids is 1. The highest BCUT2D eigenvalue weighted by atomic mass is 32.2. The first-order valence-electron chi connectivity index (χ1n) is 4.78. The van der Waals surface area contributed by atoms with Gasteiger partial charge in [0.15, 0.2) is 5.69 Å². The molecule has 2 atom stereocenters. The van der Waals surface area contributed by atoms with Gasteiger partial charge in [0, 0.05) is 5.75 Å². The van der Waals surface area contributed by atoms with Crippen molar-refractivity contribution in [2.45, 2.75) is 11.4 Å². The zero-order chi connectivity index (χ0) is 11.5. The van der Waals surface area contributed by atoms with Crippen molar-refractivity contribution in [2.24, 2.45) is 0 Å². The third-order valence-electron chi connectivity index (χ3n) is 2.41. The lowest BCUT2D eigenvalue weighted by atomic mass is 10.2. The Morgan fingerprint density at radius 2 is 2.19 bits per heavy atom. The Labute approximate surface area is 97.5 Å². The van der Waals surface area contributed by atoms with Crippen LogP contribution in [0.1, 0.15) is 10.9 Å². The molecule has 0 radical (unpaired) electrons. The van der Waals surface area contributed by atoms with Gasteiger partial charge in [-0.25, -0.2) is 4.85 Å². The van der Waals surface area contributed by atoms with Gasteiger partial charge in [-0.3, -0.25) is 10.1 Å². The van der Waals surface area contributed by atoms with Crippen molar-refractivity contribution in [3.8, 4) is 0 Å². The molecular formula is C11H10N2O2S. The fraction of sp³-hybridized carbons (Fsp3) is 0.273. The zero-order valence-electron chi connectivity index (χ0n) is 8.38. The van der Waals surface area contributed by atoms with E-state index >= 15 is 0 Å². The average Bonchev–Trinajstić information content (AvgIpc) is 2.78. The molecule has 1 fully saturated rings. The minimum absolute atomic E-state index is 0.0147. The lowest BCUT2D eigenvalue weighted by Crippen LogP contribution is -2.33. The molecule has 1 unspecified atom stereocenters. The number of benzene rings is 1. The molecule has 2 rings (SSSR count). The van der Waals surface area contributed by atoms with E-state index < -0.39 is 12.0 Å². The fourth-order valence-corrected chi connectivity index (χ4v) is 2.76. The third-order valence-corrected chi connectivity index (χ3v) is 3.67. The lowest BCUT2D eigenvalue weighted by Gasteiger charge is -2.11. The highest BCUT2D eigenvalue weighted by Gasteiger charge is 2.29. The van der Waals surface area contributed by atoms with Crippen LogP contribution in [0.2, 0.25) is 0 Å². The highest BCUT2D eigenvalue weighted by Crippen LogP contribution is 2.33. The van der Waals surface area contributed by atoms with E-state index in [0.717, 1.165) is 5.56 Å². The van der Waals surface area contributed by atoms with Crippen LogP contribution in [0.4, 0.5) is 5.69 Å². The van der Waals surface area contributed by atoms with Crippen LogP contribution in [0.5, 0.6) is 0 Å². The van der Waals surface area contributed by atoms with Crippen LogP contribution in [0.15, 0.2) is 24.3 Å². The smallest absolute Gasteiger partial charge is 0.321 e. The van der Waals surface area contributed by atoms with Gasteiger partial charge in [-0.1, -0.05) is 24.3 Å². The molecule has 0 spiro atoms. The van der Waals surface area contributed by atoms with Gasteiger partial charge in [0.05, 0.1) is 11.9 Å². The van der Waals surface area contributed by atoms with Gasteiger partial charge in [0.25, 0.3) is 0 Å². The Bertz CT molecular complexity index is 438. The second-order valence-corrected chi connectivity index (χ2v) is 4.61. The summed E-state index contributed by atoms with van der Waals surface area (Å²) in [4.78, 5) is 14.1. The van der Waals surface area contributed by atoms with E-state index in [0.29, 0.717) is 11.4 Å². The van der Waals surface area contributed by atoms with E-state index in [9.17, 15) is 4.79 Å². The van der Waals surface area contributed by atoms with Crippen LogP contribution in [-0.2, 0) is 4.79 Å². The molecule has 1 heterocycles. The van der Waals surface area contributed by atoms with E-state index in [1.807, 2.05) is 12.1 Å². The maximum Gasteiger partial charge on any atom is 0.321 e. The summed E-state index contributed by atoms with van der Waals surface area (Å²) < 4.78 is 0. The standard InChI is InChI=1S/C11H10N2O2S/c1-12-8-4-2-7(3-5-8)10-13-9(6-16-10)11(14)15/h2-5,9-10,13H,6H2,(H,14,15)/t9-,10?/m0/s1. The summed E-state index contributed by atoms with van der Waals surface area (Å²) >= 11 is 1.58. The Kier molecular flexibility index (Phi) is 3.13. The van der Waals surface area contributed by atoms with E-state index in [1.165, 1.54) is 0 Å². The number of thioether (sulfide) groups is 1. The molecule has 4 nitrogen and oxygen atoms in total. The van der Waals surface area contributed by atoms with Crippen LogP contribution in [-0.4, -0.2) is 22.9 Å². The van der Waals surface area contributed by atoms with Gasteiger partial charge in [-0.05, 0) is 5.56 Å². The predicted octanol–water partition coefficient (Wildman–Crippen LogP) is 2.03. The van der Waals surface area contributed by atoms with E-state index in [4.69, 9.17) is 11.7 Å². The van der Waals surface area contributed by atoms with Gasteiger partial charge in [0.2, 0.25) is 0 Å². The monoisotopic (exact) mass is 234 g/mol. The van der Waals surface area contributed by atoms with E-state index in [-0.39, 0.29) is 5.37 Å². The van der Waals surface area contributed by atoms with Gasteiger partial charge < -0.3 is 5.11 Å².